The van der Waals surface area contributed by atoms with Crippen LogP contribution in [0.4, 0.5) is 5.69 Å². The van der Waals surface area contributed by atoms with Crippen molar-refractivity contribution >= 4 is 51.2 Å². The van der Waals surface area contributed by atoms with Gasteiger partial charge in [-0.1, -0.05) is 39.7 Å². The Bertz CT molecular complexity index is 796. The predicted molar refractivity (Wildman–Crippen MR) is 96.5 cm³/mol. The molecule has 0 fully saturated rings. The summed E-state index contributed by atoms with van der Waals surface area (Å²) in [5.74, 6) is -1.14. The number of nitrogens with one attached hydrogen (secondary N) is 2. The molecule has 2 aromatic carbocycles. The molecule has 0 aliphatic heterocycles. The van der Waals surface area contributed by atoms with Gasteiger partial charge < -0.3 is 10.1 Å². The van der Waals surface area contributed by atoms with Gasteiger partial charge in [0.15, 0.2) is 0 Å². The zero-order valence-corrected chi connectivity index (χ0v) is 14.9. The average Bonchev–Trinajstić information content (AvgIpc) is 2.58. The molecule has 2 rings (SSSR count). The molecule has 0 aliphatic rings. The number of carbonyl (C=O) groups is 2. The quantitative estimate of drug-likeness (QED) is 0.461. The summed E-state index contributed by atoms with van der Waals surface area (Å²) in [6, 6.07) is 11.9. The Kier molecular flexibility index (Phi) is 6.34. The highest BCUT2D eigenvalue weighted by atomic mass is 79.9. The molecule has 24 heavy (non-hydrogen) atoms. The molecule has 0 saturated carbocycles. The average molecular weight is 411 g/mol. The van der Waals surface area contributed by atoms with E-state index in [1.54, 1.807) is 49.6 Å². The second kappa shape index (κ2) is 8.47. The minimum atomic E-state index is -0.912. The lowest BCUT2D eigenvalue weighted by Gasteiger charge is -2.05. The molecule has 0 saturated heterocycles. The Labute approximate surface area is 152 Å². The van der Waals surface area contributed by atoms with Crippen molar-refractivity contribution in [3.8, 4) is 5.75 Å². The van der Waals surface area contributed by atoms with Crippen LogP contribution in [0.25, 0.3) is 0 Å². The van der Waals surface area contributed by atoms with Crippen molar-refractivity contribution < 1.29 is 14.3 Å². The molecule has 2 aromatic rings. The molecule has 0 radical (unpaired) electrons. The van der Waals surface area contributed by atoms with Gasteiger partial charge in [0.25, 0.3) is 0 Å². The fraction of sp³-hybridized carbons (Fsp3) is 0.0625. The topological polar surface area (TPSA) is 79.8 Å². The van der Waals surface area contributed by atoms with Crippen molar-refractivity contribution in [2.45, 2.75) is 0 Å². The first-order valence-corrected chi connectivity index (χ1v) is 7.91. The van der Waals surface area contributed by atoms with E-state index in [0.717, 1.165) is 4.47 Å². The molecule has 0 heterocycles. The maximum atomic E-state index is 11.8. The Balaban J connectivity index is 1.97. The molecular weight excluding hydrogens is 398 g/mol. The number of amides is 2. The highest BCUT2D eigenvalue weighted by Crippen LogP contribution is 2.21. The molecule has 2 N–H and O–H groups in total. The van der Waals surface area contributed by atoms with E-state index >= 15 is 0 Å². The van der Waals surface area contributed by atoms with Crippen LogP contribution in [0, 0.1) is 0 Å². The van der Waals surface area contributed by atoms with Gasteiger partial charge in [-0.05, 0) is 30.3 Å². The van der Waals surface area contributed by atoms with Crippen LogP contribution in [-0.2, 0) is 9.59 Å². The van der Waals surface area contributed by atoms with E-state index in [9.17, 15) is 9.59 Å². The zero-order valence-electron chi connectivity index (χ0n) is 12.5. The van der Waals surface area contributed by atoms with E-state index in [1.165, 1.54) is 6.21 Å². The molecule has 124 valence electrons. The standard InChI is InChI=1S/C16H13BrClN3O3/c1-24-11-6-7-12(17)10(8-11)9-19-21-16(23)15(22)20-14-5-3-2-4-13(14)18/h2-9H,1H3,(H,20,22)(H,21,23)/b19-9-. The third-order valence-corrected chi connectivity index (χ3v) is 3.95. The fourth-order valence-corrected chi connectivity index (χ4v) is 2.23. The first-order chi connectivity index (χ1) is 11.5. The van der Waals surface area contributed by atoms with E-state index in [1.807, 2.05) is 0 Å². The van der Waals surface area contributed by atoms with E-state index in [2.05, 4.69) is 31.8 Å². The molecule has 0 aromatic heterocycles. The molecule has 0 spiro atoms. The lowest BCUT2D eigenvalue weighted by atomic mass is 10.2. The van der Waals surface area contributed by atoms with Crippen LogP contribution in [0.5, 0.6) is 5.75 Å². The summed E-state index contributed by atoms with van der Waals surface area (Å²) in [4.78, 5) is 23.5. The predicted octanol–water partition coefficient (Wildman–Crippen LogP) is 3.20. The number of methoxy groups -OCH3 is 1. The number of ether oxygens (including phenoxy) is 1. The van der Waals surface area contributed by atoms with Crippen LogP contribution in [-0.4, -0.2) is 25.1 Å². The van der Waals surface area contributed by atoms with Gasteiger partial charge in [0, 0.05) is 10.0 Å². The summed E-state index contributed by atoms with van der Waals surface area (Å²) in [5, 5.41) is 6.50. The van der Waals surface area contributed by atoms with Crippen molar-refractivity contribution in [1.82, 2.24) is 5.43 Å². The normalized spacial score (nSPS) is 10.5. The van der Waals surface area contributed by atoms with E-state index in [4.69, 9.17) is 16.3 Å². The van der Waals surface area contributed by atoms with Crippen molar-refractivity contribution in [1.29, 1.82) is 0 Å². The van der Waals surface area contributed by atoms with Gasteiger partial charge in [-0.15, -0.1) is 0 Å². The lowest BCUT2D eigenvalue weighted by Crippen LogP contribution is -2.32. The zero-order chi connectivity index (χ0) is 17.5. The van der Waals surface area contributed by atoms with E-state index < -0.39 is 11.8 Å². The van der Waals surface area contributed by atoms with Gasteiger partial charge in [-0.25, -0.2) is 5.43 Å². The molecule has 6 nitrogen and oxygen atoms in total. The van der Waals surface area contributed by atoms with Gasteiger partial charge in [0.1, 0.15) is 5.75 Å². The van der Waals surface area contributed by atoms with Gasteiger partial charge in [-0.2, -0.15) is 5.10 Å². The summed E-state index contributed by atoms with van der Waals surface area (Å²) in [6.45, 7) is 0. The lowest BCUT2D eigenvalue weighted by molar-refractivity contribution is -0.136. The highest BCUT2D eigenvalue weighted by Gasteiger charge is 2.14. The first-order valence-electron chi connectivity index (χ1n) is 6.73. The van der Waals surface area contributed by atoms with E-state index in [-0.39, 0.29) is 0 Å². The fourth-order valence-electron chi connectivity index (χ4n) is 1.70. The Morgan fingerprint density at radius 1 is 1.21 bits per heavy atom. The monoisotopic (exact) mass is 409 g/mol. The van der Waals surface area contributed by atoms with Crippen LogP contribution >= 0.6 is 27.5 Å². The third kappa shape index (κ3) is 4.81. The number of para-hydroxylation sites is 1. The maximum Gasteiger partial charge on any atom is 0.329 e. The van der Waals surface area contributed by atoms with Crippen LogP contribution in [0.3, 0.4) is 0 Å². The van der Waals surface area contributed by atoms with Crippen LogP contribution in [0.2, 0.25) is 5.02 Å². The molecule has 0 bridgehead atoms. The van der Waals surface area contributed by atoms with Gasteiger partial charge in [0.2, 0.25) is 0 Å². The van der Waals surface area contributed by atoms with Gasteiger partial charge >= 0.3 is 11.8 Å². The molecule has 8 heteroatoms. The largest absolute Gasteiger partial charge is 0.497 e. The molecule has 0 aliphatic carbocycles. The van der Waals surface area contributed by atoms with Crippen molar-refractivity contribution in [2.24, 2.45) is 5.10 Å². The Hall–Kier alpha value is -2.38. The summed E-state index contributed by atoms with van der Waals surface area (Å²) in [5.41, 5.74) is 3.18. The number of halogens is 2. The number of rotatable bonds is 4. The number of benzene rings is 2. The van der Waals surface area contributed by atoms with Crippen LogP contribution < -0.4 is 15.5 Å². The summed E-state index contributed by atoms with van der Waals surface area (Å²) >= 11 is 9.26. The molecular formula is C16H13BrClN3O3. The van der Waals surface area contributed by atoms with Crippen molar-refractivity contribution in [3.63, 3.8) is 0 Å². The minimum absolute atomic E-state index is 0.336. The number of hydrogen-bond donors (Lipinski definition) is 2. The Morgan fingerprint density at radius 3 is 2.67 bits per heavy atom. The second-order valence-electron chi connectivity index (χ2n) is 4.52. The maximum absolute atomic E-state index is 11.8. The molecule has 0 unspecified atom stereocenters. The number of hydrogen-bond acceptors (Lipinski definition) is 4. The Morgan fingerprint density at radius 2 is 1.96 bits per heavy atom. The highest BCUT2D eigenvalue weighted by molar-refractivity contribution is 9.10. The van der Waals surface area contributed by atoms with Crippen molar-refractivity contribution in [3.05, 3.63) is 57.5 Å². The van der Waals surface area contributed by atoms with Gasteiger partial charge in [0.05, 0.1) is 24.0 Å². The van der Waals surface area contributed by atoms with Crippen LogP contribution in [0.1, 0.15) is 5.56 Å². The summed E-state index contributed by atoms with van der Waals surface area (Å²) < 4.78 is 5.87. The third-order valence-electron chi connectivity index (χ3n) is 2.90. The molecule has 0 atom stereocenters. The summed E-state index contributed by atoms with van der Waals surface area (Å²) in [7, 11) is 1.55. The number of anilines is 1. The number of hydrazone groups is 1. The number of carbonyl (C=O) groups excluding carboxylic acids is 2. The SMILES string of the molecule is COc1ccc(Br)c(/C=N\NC(=O)C(=O)Nc2ccccc2Cl)c1. The van der Waals surface area contributed by atoms with E-state index in [0.29, 0.717) is 22.0 Å². The van der Waals surface area contributed by atoms with Gasteiger partial charge in [-0.3, -0.25) is 9.59 Å². The summed E-state index contributed by atoms with van der Waals surface area (Å²) in [6.07, 6.45) is 1.40. The second-order valence-corrected chi connectivity index (χ2v) is 5.78. The minimum Gasteiger partial charge on any atom is -0.497 e. The number of nitrogens with zero attached hydrogens (tertiary/aromatic N) is 1. The first kappa shape index (κ1) is 18.0. The van der Waals surface area contributed by atoms with Crippen molar-refractivity contribution in [2.75, 3.05) is 12.4 Å². The molecule has 2 amide bonds. The van der Waals surface area contributed by atoms with Crippen LogP contribution in [0.15, 0.2) is 52.0 Å². The smallest absolute Gasteiger partial charge is 0.329 e.